The van der Waals surface area contributed by atoms with E-state index in [0.29, 0.717) is 17.4 Å². The van der Waals surface area contributed by atoms with Crippen molar-refractivity contribution >= 4 is 19.8 Å². The van der Waals surface area contributed by atoms with E-state index in [2.05, 4.69) is 62.5 Å². The van der Waals surface area contributed by atoms with E-state index in [9.17, 15) is 19.0 Å². The number of carbonyl (C=O) groups excluding carboxylic acids is 2. The first-order chi connectivity index (χ1) is 38.0. The Labute approximate surface area is 484 Å². The van der Waals surface area contributed by atoms with Crippen molar-refractivity contribution in [3.05, 3.63) is 48.6 Å². The highest BCUT2D eigenvalue weighted by Crippen LogP contribution is 2.38. The van der Waals surface area contributed by atoms with Gasteiger partial charge in [0.25, 0.3) is 7.82 Å². The van der Waals surface area contributed by atoms with Crippen molar-refractivity contribution in [3.8, 4) is 0 Å². The standard InChI is InChI=1S/C68H128NO8P/c1-6-8-10-12-14-16-18-20-22-24-26-28-29-30-31-32-33-34-35-36-37-38-39-41-42-44-46-48-50-52-54-56-58-60-67(70)74-64-66(65-76-78(72,73)75-63-62-69(3,4)5)77-68(71)61-59-57-55-53-51-49-47-45-43-40-27-25-23-21-19-17-15-13-11-9-7-2/h9,11,15,17,21,23,27,40,66H,6-8,10,12-14,16,18-20,22,24-26,28-39,41-65H2,1-5H3/b11-9-,17-15-,23-21-,40-27-. The molecule has 0 fully saturated rings. The highest BCUT2D eigenvalue weighted by atomic mass is 31.2. The second kappa shape index (κ2) is 59.6. The van der Waals surface area contributed by atoms with Crippen LogP contribution in [0.25, 0.3) is 0 Å². The molecule has 0 saturated carbocycles. The summed E-state index contributed by atoms with van der Waals surface area (Å²) in [6.07, 6.45) is 76.2. The lowest BCUT2D eigenvalue weighted by Crippen LogP contribution is -2.37. The van der Waals surface area contributed by atoms with Gasteiger partial charge in [-0.1, -0.05) is 306 Å². The Morgan fingerprint density at radius 1 is 0.410 bits per heavy atom. The summed E-state index contributed by atoms with van der Waals surface area (Å²) in [5, 5.41) is 0. The first-order valence-electron chi connectivity index (χ1n) is 33.3. The fourth-order valence-electron chi connectivity index (χ4n) is 9.77. The van der Waals surface area contributed by atoms with Gasteiger partial charge >= 0.3 is 11.9 Å². The van der Waals surface area contributed by atoms with Crippen LogP contribution in [0.3, 0.4) is 0 Å². The van der Waals surface area contributed by atoms with Crippen LogP contribution in [0.1, 0.15) is 322 Å². The molecule has 0 heterocycles. The molecule has 0 spiro atoms. The largest absolute Gasteiger partial charge is 0.756 e. The Kier molecular flexibility index (Phi) is 58.0. The van der Waals surface area contributed by atoms with Gasteiger partial charge in [-0.2, -0.15) is 0 Å². The van der Waals surface area contributed by atoms with Gasteiger partial charge in [0, 0.05) is 12.8 Å². The van der Waals surface area contributed by atoms with Crippen molar-refractivity contribution < 1.29 is 42.1 Å². The van der Waals surface area contributed by atoms with Crippen LogP contribution in [-0.2, 0) is 32.7 Å². The number of phosphoric ester groups is 1. The molecule has 0 aliphatic carbocycles. The lowest BCUT2D eigenvalue weighted by Gasteiger charge is -2.28. The number of phosphoric acid groups is 1. The van der Waals surface area contributed by atoms with Gasteiger partial charge in [-0.05, 0) is 51.4 Å². The van der Waals surface area contributed by atoms with Crippen LogP contribution < -0.4 is 4.89 Å². The lowest BCUT2D eigenvalue weighted by atomic mass is 10.0. The minimum Gasteiger partial charge on any atom is -0.756 e. The van der Waals surface area contributed by atoms with Crippen LogP contribution in [0.15, 0.2) is 48.6 Å². The number of hydrogen-bond donors (Lipinski definition) is 0. The van der Waals surface area contributed by atoms with Crippen molar-refractivity contribution in [2.24, 2.45) is 0 Å². The minimum absolute atomic E-state index is 0.0323. The quantitative estimate of drug-likeness (QED) is 0.0195. The minimum atomic E-state index is -4.64. The molecule has 0 aromatic carbocycles. The monoisotopic (exact) mass is 1120 g/mol. The summed E-state index contributed by atoms with van der Waals surface area (Å²) < 4.78 is 34.2. The van der Waals surface area contributed by atoms with Crippen molar-refractivity contribution in [3.63, 3.8) is 0 Å². The predicted molar refractivity (Wildman–Crippen MR) is 333 cm³/mol. The molecule has 0 amide bonds. The second-order valence-electron chi connectivity index (χ2n) is 23.8. The maximum Gasteiger partial charge on any atom is 0.306 e. The Morgan fingerprint density at radius 3 is 1.09 bits per heavy atom. The molecular weight excluding hydrogens is 990 g/mol. The van der Waals surface area contributed by atoms with Crippen molar-refractivity contribution in [2.75, 3.05) is 47.5 Å². The van der Waals surface area contributed by atoms with E-state index >= 15 is 0 Å². The molecule has 10 heteroatoms. The fraction of sp³-hybridized carbons (Fsp3) is 0.853. The molecule has 0 saturated heterocycles. The van der Waals surface area contributed by atoms with E-state index in [1.165, 1.54) is 218 Å². The number of nitrogens with zero attached hydrogens (tertiary/aromatic N) is 1. The second-order valence-corrected chi connectivity index (χ2v) is 25.2. The topological polar surface area (TPSA) is 111 Å². The summed E-state index contributed by atoms with van der Waals surface area (Å²) >= 11 is 0. The molecule has 2 unspecified atom stereocenters. The van der Waals surface area contributed by atoms with E-state index in [1.807, 2.05) is 21.1 Å². The lowest BCUT2D eigenvalue weighted by molar-refractivity contribution is -0.870. The van der Waals surface area contributed by atoms with Gasteiger partial charge in [-0.25, -0.2) is 0 Å². The number of quaternary nitrogens is 1. The van der Waals surface area contributed by atoms with E-state index in [4.69, 9.17) is 18.5 Å². The SMILES string of the molecule is CC/C=C\C/C=C\C/C=C\C/C=C\CCCCCCCCCCC(=O)OC(COC(=O)CCCCCCCCCCCCCCCCCCCCCCCCCCCCCCCCCCC)COP(=O)([O-])OCC[N+](C)(C)C. The average molecular weight is 1120 g/mol. The summed E-state index contributed by atoms with van der Waals surface area (Å²) in [5.74, 6) is -0.829. The first kappa shape index (κ1) is 76.0. The van der Waals surface area contributed by atoms with Crippen molar-refractivity contribution in [2.45, 2.75) is 328 Å². The molecule has 0 aromatic heterocycles. The van der Waals surface area contributed by atoms with Gasteiger partial charge in [0.1, 0.15) is 19.8 Å². The van der Waals surface area contributed by atoms with Crippen LogP contribution >= 0.6 is 7.82 Å². The van der Waals surface area contributed by atoms with Gasteiger partial charge in [0.2, 0.25) is 0 Å². The molecule has 0 aromatic rings. The number of rotatable bonds is 62. The number of esters is 2. The molecule has 2 atom stereocenters. The third-order valence-corrected chi connectivity index (χ3v) is 15.8. The number of unbranched alkanes of at least 4 members (excludes halogenated alkanes) is 40. The van der Waals surface area contributed by atoms with Crippen LogP contribution in [0, 0.1) is 0 Å². The molecule has 9 nitrogen and oxygen atoms in total. The van der Waals surface area contributed by atoms with Crippen molar-refractivity contribution in [1.82, 2.24) is 0 Å². The molecular formula is C68H128NO8P. The molecule has 0 rings (SSSR count). The normalized spacial score (nSPS) is 13.5. The highest BCUT2D eigenvalue weighted by molar-refractivity contribution is 7.45. The molecule has 0 aliphatic heterocycles. The van der Waals surface area contributed by atoms with E-state index < -0.39 is 26.5 Å². The molecule has 0 N–H and O–H groups in total. The van der Waals surface area contributed by atoms with Crippen LogP contribution in [-0.4, -0.2) is 70.0 Å². The third kappa shape index (κ3) is 63.2. The molecule has 458 valence electrons. The van der Waals surface area contributed by atoms with Crippen LogP contribution in [0.2, 0.25) is 0 Å². The van der Waals surface area contributed by atoms with Gasteiger partial charge in [-0.3, -0.25) is 14.2 Å². The molecule has 0 radical (unpaired) electrons. The summed E-state index contributed by atoms with van der Waals surface area (Å²) in [6.45, 7) is 4.17. The number of carbonyl (C=O) groups is 2. The summed E-state index contributed by atoms with van der Waals surface area (Å²) in [6, 6.07) is 0. The molecule has 78 heavy (non-hydrogen) atoms. The Hall–Kier alpha value is -2.03. The van der Waals surface area contributed by atoms with Gasteiger partial charge < -0.3 is 27.9 Å². The highest BCUT2D eigenvalue weighted by Gasteiger charge is 2.22. The average Bonchev–Trinajstić information content (AvgIpc) is 3.41. The Morgan fingerprint density at radius 2 is 0.731 bits per heavy atom. The summed E-state index contributed by atoms with van der Waals surface area (Å²) in [7, 11) is 1.17. The number of allylic oxidation sites excluding steroid dienone is 8. The van der Waals surface area contributed by atoms with E-state index in [0.717, 1.165) is 70.6 Å². The van der Waals surface area contributed by atoms with Gasteiger partial charge in [-0.15, -0.1) is 0 Å². The zero-order valence-electron chi connectivity index (χ0n) is 52.1. The first-order valence-corrected chi connectivity index (χ1v) is 34.8. The maximum absolute atomic E-state index is 12.8. The van der Waals surface area contributed by atoms with Gasteiger partial charge in [0.15, 0.2) is 6.10 Å². The molecule has 0 aliphatic rings. The zero-order valence-corrected chi connectivity index (χ0v) is 53.0. The maximum atomic E-state index is 12.8. The molecule has 0 bridgehead atoms. The van der Waals surface area contributed by atoms with E-state index in [1.54, 1.807) is 0 Å². The zero-order chi connectivity index (χ0) is 57.0. The van der Waals surface area contributed by atoms with Crippen LogP contribution in [0.5, 0.6) is 0 Å². The van der Waals surface area contributed by atoms with Crippen LogP contribution in [0.4, 0.5) is 0 Å². The summed E-state index contributed by atoms with van der Waals surface area (Å²) in [4.78, 5) is 38.0. The van der Waals surface area contributed by atoms with Gasteiger partial charge in [0.05, 0.1) is 27.7 Å². The number of hydrogen-bond acceptors (Lipinski definition) is 8. The predicted octanol–water partition coefficient (Wildman–Crippen LogP) is 20.6. The smallest absolute Gasteiger partial charge is 0.306 e. The third-order valence-electron chi connectivity index (χ3n) is 14.9. The summed E-state index contributed by atoms with van der Waals surface area (Å²) in [5.41, 5.74) is 0. The van der Waals surface area contributed by atoms with E-state index in [-0.39, 0.29) is 32.0 Å². The number of likely N-dealkylation sites (N-methyl/N-ethyl adjacent to an activating group) is 1. The Bertz CT molecular complexity index is 1460. The van der Waals surface area contributed by atoms with Crippen molar-refractivity contribution in [1.29, 1.82) is 0 Å². The fourth-order valence-corrected chi connectivity index (χ4v) is 10.5. The Balaban J connectivity index is 3.99. The number of ether oxygens (including phenoxy) is 2.